The third kappa shape index (κ3) is 3.20. The standard InChI is InChI=1S/C18H18N2O5S/c1-2-6-12-10-26(25)17-14(16(22)20(17)15(12)18(23)24)19-13(21)9-11-7-4-3-5-8-11/h2-8,14,17H,9-10H2,1H3,(H,19,21)(H,23,24)/b6-2-/t14?,17-,26?/m1/s1. The van der Waals surface area contributed by atoms with E-state index in [2.05, 4.69) is 5.32 Å². The lowest BCUT2D eigenvalue weighted by atomic mass is 10.0. The van der Waals surface area contributed by atoms with E-state index in [1.54, 1.807) is 31.2 Å². The predicted molar refractivity (Wildman–Crippen MR) is 95.2 cm³/mol. The summed E-state index contributed by atoms with van der Waals surface area (Å²) in [6.45, 7) is 1.71. The lowest BCUT2D eigenvalue weighted by molar-refractivity contribution is -0.150. The number of benzene rings is 1. The highest BCUT2D eigenvalue weighted by Gasteiger charge is 2.56. The zero-order valence-electron chi connectivity index (χ0n) is 14.0. The second-order valence-corrected chi connectivity index (χ2v) is 7.54. The number of nitrogens with zero attached hydrogens (tertiary/aromatic N) is 1. The Morgan fingerprint density at radius 1 is 1.35 bits per heavy atom. The molecule has 3 rings (SSSR count). The number of carbonyl (C=O) groups is 3. The summed E-state index contributed by atoms with van der Waals surface area (Å²) in [6, 6.07) is 8.07. The maximum Gasteiger partial charge on any atom is 0.352 e. The van der Waals surface area contributed by atoms with E-state index in [0.717, 1.165) is 10.5 Å². The molecule has 0 aliphatic carbocycles. The summed E-state index contributed by atoms with van der Waals surface area (Å²) in [6.07, 6.45) is 3.28. The smallest absolute Gasteiger partial charge is 0.352 e. The highest BCUT2D eigenvalue weighted by Crippen LogP contribution is 2.35. The number of carbonyl (C=O) groups excluding carboxylic acids is 2. The molecule has 2 unspecified atom stereocenters. The van der Waals surface area contributed by atoms with E-state index in [4.69, 9.17) is 0 Å². The Labute approximate surface area is 152 Å². The molecule has 1 aromatic carbocycles. The second kappa shape index (κ2) is 7.25. The van der Waals surface area contributed by atoms with Crippen molar-refractivity contribution in [3.8, 4) is 0 Å². The normalized spacial score (nSPS) is 25.0. The second-order valence-electron chi connectivity index (χ2n) is 6.01. The summed E-state index contributed by atoms with van der Waals surface area (Å²) < 4.78 is 12.5. The number of nitrogens with one attached hydrogen (secondary N) is 1. The van der Waals surface area contributed by atoms with Crippen molar-refractivity contribution in [1.82, 2.24) is 10.2 Å². The van der Waals surface area contributed by atoms with Gasteiger partial charge in [0.25, 0.3) is 5.91 Å². The molecular weight excluding hydrogens is 356 g/mol. The van der Waals surface area contributed by atoms with Crippen LogP contribution in [0.15, 0.2) is 53.8 Å². The summed E-state index contributed by atoms with van der Waals surface area (Å²) in [5, 5.41) is 11.2. The van der Waals surface area contributed by atoms with Gasteiger partial charge in [0.1, 0.15) is 17.1 Å². The maximum absolute atomic E-state index is 12.5. The monoisotopic (exact) mass is 374 g/mol. The number of carboxylic acids is 1. The molecule has 2 aliphatic heterocycles. The first-order valence-electron chi connectivity index (χ1n) is 8.06. The molecule has 136 valence electrons. The molecule has 0 radical (unpaired) electrons. The molecule has 2 aliphatic rings. The first kappa shape index (κ1) is 18.1. The summed E-state index contributed by atoms with van der Waals surface area (Å²) >= 11 is 0. The van der Waals surface area contributed by atoms with Gasteiger partial charge < -0.3 is 10.4 Å². The Bertz CT molecular complexity index is 846. The summed E-state index contributed by atoms with van der Waals surface area (Å²) in [5.41, 5.74) is 0.975. The predicted octanol–water partition coefficient (Wildman–Crippen LogP) is 0.559. The fourth-order valence-corrected chi connectivity index (χ4v) is 4.78. The average molecular weight is 374 g/mol. The molecule has 0 bridgehead atoms. The van der Waals surface area contributed by atoms with Gasteiger partial charge in [-0.3, -0.25) is 18.7 Å². The molecule has 0 saturated carbocycles. The van der Waals surface area contributed by atoms with Crippen LogP contribution in [0.5, 0.6) is 0 Å². The minimum Gasteiger partial charge on any atom is -0.477 e. The minimum atomic E-state index is -1.49. The molecule has 2 heterocycles. The van der Waals surface area contributed by atoms with E-state index < -0.39 is 34.1 Å². The van der Waals surface area contributed by atoms with Gasteiger partial charge in [-0.2, -0.15) is 0 Å². The summed E-state index contributed by atoms with van der Waals surface area (Å²) in [5.74, 6) is -2.14. The van der Waals surface area contributed by atoms with Crippen LogP contribution in [-0.2, 0) is 31.6 Å². The van der Waals surface area contributed by atoms with Crippen LogP contribution in [0.3, 0.4) is 0 Å². The molecule has 2 N–H and O–H groups in total. The van der Waals surface area contributed by atoms with Gasteiger partial charge in [-0.25, -0.2) is 4.79 Å². The fraction of sp³-hybridized carbons (Fsp3) is 0.278. The van der Waals surface area contributed by atoms with Crippen molar-refractivity contribution in [3.63, 3.8) is 0 Å². The maximum atomic E-state index is 12.5. The molecule has 1 aromatic rings. The van der Waals surface area contributed by atoms with Gasteiger partial charge in [-0.15, -0.1) is 0 Å². The zero-order valence-corrected chi connectivity index (χ0v) is 14.9. The number of hydrogen-bond acceptors (Lipinski definition) is 4. The van der Waals surface area contributed by atoms with E-state index in [-0.39, 0.29) is 23.8 Å². The Morgan fingerprint density at radius 3 is 2.65 bits per heavy atom. The van der Waals surface area contributed by atoms with Gasteiger partial charge in [-0.1, -0.05) is 42.5 Å². The number of allylic oxidation sites excluding steroid dienone is 2. The fourth-order valence-electron chi connectivity index (χ4n) is 3.14. The number of fused-ring (bicyclic) bond motifs is 1. The molecule has 2 amide bonds. The minimum absolute atomic E-state index is 0.0332. The molecule has 26 heavy (non-hydrogen) atoms. The summed E-state index contributed by atoms with van der Waals surface area (Å²) in [4.78, 5) is 37.3. The van der Waals surface area contributed by atoms with Crippen LogP contribution in [0.25, 0.3) is 0 Å². The van der Waals surface area contributed by atoms with Crippen molar-refractivity contribution in [1.29, 1.82) is 0 Å². The van der Waals surface area contributed by atoms with Crippen LogP contribution in [0, 0.1) is 0 Å². The number of carboxylic acid groups (broad SMARTS) is 1. The van der Waals surface area contributed by atoms with Gasteiger partial charge in [-0.05, 0) is 18.1 Å². The van der Waals surface area contributed by atoms with Gasteiger partial charge in [0, 0.05) is 0 Å². The van der Waals surface area contributed by atoms with Gasteiger partial charge >= 0.3 is 5.97 Å². The molecule has 8 heteroatoms. The number of amides is 2. The van der Waals surface area contributed by atoms with E-state index in [9.17, 15) is 23.7 Å². The average Bonchev–Trinajstić information content (AvgIpc) is 2.60. The molecule has 7 nitrogen and oxygen atoms in total. The van der Waals surface area contributed by atoms with Crippen LogP contribution < -0.4 is 5.32 Å². The van der Waals surface area contributed by atoms with Crippen LogP contribution in [0.2, 0.25) is 0 Å². The van der Waals surface area contributed by atoms with Crippen LogP contribution in [-0.4, -0.2) is 49.2 Å². The van der Waals surface area contributed by atoms with Gasteiger partial charge in [0.2, 0.25) is 5.91 Å². The number of aliphatic carboxylic acids is 1. The van der Waals surface area contributed by atoms with Crippen LogP contribution in [0.4, 0.5) is 0 Å². The third-order valence-corrected chi connectivity index (χ3v) is 5.87. The van der Waals surface area contributed by atoms with Crippen LogP contribution >= 0.6 is 0 Å². The molecule has 0 aromatic heterocycles. The van der Waals surface area contributed by atoms with E-state index >= 15 is 0 Å². The number of rotatable bonds is 5. The quantitative estimate of drug-likeness (QED) is 0.733. The molecule has 1 saturated heterocycles. The van der Waals surface area contributed by atoms with Gasteiger partial charge in [0.05, 0.1) is 23.0 Å². The first-order chi connectivity index (χ1) is 12.4. The SMILES string of the molecule is C/C=C\C1=C(C(=O)O)N2C(=O)C(NC(=O)Cc3ccccc3)[C@H]2S(=O)C1. The van der Waals surface area contributed by atoms with Crippen molar-refractivity contribution < 1.29 is 23.7 Å². The molecule has 0 spiro atoms. The zero-order chi connectivity index (χ0) is 18.8. The van der Waals surface area contributed by atoms with Crippen molar-refractivity contribution in [2.75, 3.05) is 5.75 Å². The number of hydrogen-bond donors (Lipinski definition) is 2. The van der Waals surface area contributed by atoms with Crippen molar-refractivity contribution in [3.05, 3.63) is 59.3 Å². The molecule has 3 atom stereocenters. The molecular formula is C18H18N2O5S. The highest BCUT2D eigenvalue weighted by molar-refractivity contribution is 7.86. The Balaban J connectivity index is 1.78. The highest BCUT2D eigenvalue weighted by atomic mass is 32.2. The van der Waals surface area contributed by atoms with E-state index in [0.29, 0.717) is 5.57 Å². The van der Waals surface area contributed by atoms with Gasteiger partial charge in [0.15, 0.2) is 0 Å². The topological polar surface area (TPSA) is 104 Å². The number of β-lactam (4-membered cyclic amide) rings is 1. The van der Waals surface area contributed by atoms with E-state index in [1.165, 1.54) is 0 Å². The van der Waals surface area contributed by atoms with Crippen LogP contribution in [0.1, 0.15) is 12.5 Å². The van der Waals surface area contributed by atoms with Crippen molar-refractivity contribution in [2.45, 2.75) is 24.8 Å². The lowest BCUT2D eigenvalue weighted by Gasteiger charge is -2.48. The third-order valence-electron chi connectivity index (χ3n) is 4.25. The van der Waals surface area contributed by atoms with E-state index in [1.807, 2.05) is 18.2 Å². The first-order valence-corrected chi connectivity index (χ1v) is 9.45. The molecule has 1 fully saturated rings. The van der Waals surface area contributed by atoms with Crippen molar-refractivity contribution in [2.24, 2.45) is 0 Å². The summed E-state index contributed by atoms with van der Waals surface area (Å²) in [7, 11) is -1.49. The van der Waals surface area contributed by atoms with Crippen molar-refractivity contribution >= 4 is 28.6 Å². The Morgan fingerprint density at radius 2 is 2.04 bits per heavy atom. The lowest BCUT2D eigenvalue weighted by Crippen LogP contribution is -2.73. The Kier molecular flexibility index (Phi) is 5.03. The largest absolute Gasteiger partial charge is 0.477 e. The Hall–Kier alpha value is -2.74.